The number of amides is 1. The van der Waals surface area contributed by atoms with E-state index >= 15 is 0 Å². The summed E-state index contributed by atoms with van der Waals surface area (Å²) in [6.45, 7) is 1.27. The first-order chi connectivity index (χ1) is 16.2. The first kappa shape index (κ1) is 20.9. The fourth-order valence-corrected chi connectivity index (χ4v) is 3.83. The van der Waals surface area contributed by atoms with Gasteiger partial charge in [0.05, 0.1) is 6.61 Å². The Balaban J connectivity index is 1.12. The van der Waals surface area contributed by atoms with Crippen molar-refractivity contribution in [2.24, 2.45) is 0 Å². The lowest BCUT2D eigenvalue weighted by molar-refractivity contribution is -0.121. The maximum atomic E-state index is 12.3. The number of hydrogen-bond donors (Lipinski definition) is 1. The maximum Gasteiger partial charge on any atom is 0.227 e. The van der Waals surface area contributed by atoms with Gasteiger partial charge in [-0.3, -0.25) is 9.78 Å². The summed E-state index contributed by atoms with van der Waals surface area (Å²) >= 11 is 0. The summed E-state index contributed by atoms with van der Waals surface area (Å²) in [5, 5.41) is 6.90. The van der Waals surface area contributed by atoms with E-state index in [1.165, 1.54) is 11.1 Å². The number of nitrogens with one attached hydrogen (secondary N) is 1. The van der Waals surface area contributed by atoms with E-state index in [-0.39, 0.29) is 12.3 Å². The normalized spacial score (nSPS) is 12.6. The highest BCUT2D eigenvalue weighted by atomic mass is 16.5. The molecule has 2 aromatic heterocycles. The molecule has 0 saturated carbocycles. The van der Waals surface area contributed by atoms with E-state index in [2.05, 4.69) is 50.8 Å². The molecule has 1 aliphatic rings. The Hall–Kier alpha value is -4.00. The Kier molecular flexibility index (Phi) is 6.10. The Morgan fingerprint density at radius 3 is 2.76 bits per heavy atom. The molecule has 0 bridgehead atoms. The van der Waals surface area contributed by atoms with Crippen molar-refractivity contribution in [3.8, 4) is 28.3 Å². The van der Waals surface area contributed by atoms with Crippen LogP contribution in [0.2, 0.25) is 0 Å². The van der Waals surface area contributed by atoms with Gasteiger partial charge in [-0.05, 0) is 59.4 Å². The van der Waals surface area contributed by atoms with E-state index in [4.69, 9.17) is 9.26 Å². The Morgan fingerprint density at radius 1 is 1.03 bits per heavy atom. The first-order valence-electron chi connectivity index (χ1n) is 11.1. The average molecular weight is 441 g/mol. The first-order valence-corrected chi connectivity index (χ1v) is 11.1. The number of ether oxygens (including phenoxy) is 1. The van der Waals surface area contributed by atoms with Gasteiger partial charge in [0.15, 0.2) is 0 Å². The quantitative estimate of drug-likeness (QED) is 0.459. The summed E-state index contributed by atoms with van der Waals surface area (Å²) in [5.74, 6) is 1.85. The van der Waals surface area contributed by atoms with Gasteiger partial charge in [-0.1, -0.05) is 35.5 Å². The van der Waals surface area contributed by atoms with Crippen molar-refractivity contribution in [3.05, 3.63) is 84.0 Å². The van der Waals surface area contributed by atoms with Gasteiger partial charge >= 0.3 is 0 Å². The molecule has 1 amide bonds. The molecule has 7 heteroatoms. The summed E-state index contributed by atoms with van der Waals surface area (Å²) < 4.78 is 10.9. The van der Waals surface area contributed by atoms with E-state index in [9.17, 15) is 4.79 Å². The van der Waals surface area contributed by atoms with Crippen LogP contribution in [0.15, 0.2) is 71.5 Å². The van der Waals surface area contributed by atoms with E-state index in [1.807, 2.05) is 24.3 Å². The molecule has 5 rings (SSSR count). The lowest BCUT2D eigenvalue weighted by Gasteiger charge is -2.18. The Labute approximate surface area is 191 Å². The molecule has 166 valence electrons. The van der Waals surface area contributed by atoms with Crippen molar-refractivity contribution >= 4 is 5.91 Å². The zero-order valence-corrected chi connectivity index (χ0v) is 18.2. The van der Waals surface area contributed by atoms with Crippen LogP contribution in [0.3, 0.4) is 0 Å². The van der Waals surface area contributed by atoms with Crippen LogP contribution in [-0.4, -0.2) is 27.6 Å². The predicted molar refractivity (Wildman–Crippen MR) is 123 cm³/mol. The average Bonchev–Trinajstić information content (AvgIpc) is 3.36. The molecule has 0 saturated heterocycles. The highest BCUT2D eigenvalue weighted by molar-refractivity contribution is 5.76. The number of hydrogen-bond acceptors (Lipinski definition) is 6. The van der Waals surface area contributed by atoms with Crippen molar-refractivity contribution in [3.63, 3.8) is 0 Å². The number of pyridine rings is 1. The minimum atomic E-state index is -0.0603. The molecule has 0 aliphatic carbocycles. The van der Waals surface area contributed by atoms with Crippen LogP contribution >= 0.6 is 0 Å². The third-order valence-corrected chi connectivity index (χ3v) is 5.64. The number of benzene rings is 2. The van der Waals surface area contributed by atoms with Crippen molar-refractivity contribution < 1.29 is 14.1 Å². The second-order valence-corrected chi connectivity index (χ2v) is 8.00. The number of nitrogens with zero attached hydrogens (tertiary/aromatic N) is 3. The highest BCUT2D eigenvalue weighted by Crippen LogP contribution is 2.30. The summed E-state index contributed by atoms with van der Waals surface area (Å²) in [4.78, 5) is 20.6. The molecule has 4 aromatic rings. The van der Waals surface area contributed by atoms with Crippen molar-refractivity contribution in [1.29, 1.82) is 0 Å². The monoisotopic (exact) mass is 440 g/mol. The van der Waals surface area contributed by atoms with Crippen molar-refractivity contribution in [2.45, 2.75) is 32.2 Å². The largest absolute Gasteiger partial charge is 0.493 e. The molecule has 7 nitrogen and oxygen atoms in total. The topological polar surface area (TPSA) is 90.1 Å². The van der Waals surface area contributed by atoms with E-state index in [0.29, 0.717) is 24.7 Å². The van der Waals surface area contributed by atoms with Crippen LogP contribution < -0.4 is 10.1 Å². The predicted octanol–water partition coefficient (Wildman–Crippen LogP) is 4.37. The van der Waals surface area contributed by atoms with Gasteiger partial charge in [0.1, 0.15) is 5.75 Å². The molecule has 1 N–H and O–H groups in total. The molecule has 0 unspecified atom stereocenters. The number of aryl methyl sites for hydroxylation is 2. The second kappa shape index (κ2) is 9.65. The minimum Gasteiger partial charge on any atom is -0.493 e. The zero-order valence-electron chi connectivity index (χ0n) is 18.2. The van der Waals surface area contributed by atoms with Crippen molar-refractivity contribution in [2.75, 3.05) is 6.61 Å². The third kappa shape index (κ3) is 5.09. The van der Waals surface area contributed by atoms with Crippen molar-refractivity contribution in [1.82, 2.24) is 20.4 Å². The lowest BCUT2D eigenvalue weighted by Crippen LogP contribution is -2.23. The van der Waals surface area contributed by atoms with Crippen LogP contribution in [0.25, 0.3) is 22.5 Å². The van der Waals surface area contributed by atoms with E-state index in [0.717, 1.165) is 41.9 Å². The SMILES string of the molecule is O=C(CCc1nc(-c2cccnc2)no1)NCc1ccc(-c2ccc3c(c2)CCCO3)cc1. The minimum absolute atomic E-state index is 0.0603. The van der Waals surface area contributed by atoms with Gasteiger partial charge in [0.25, 0.3) is 0 Å². The van der Waals surface area contributed by atoms with Gasteiger partial charge < -0.3 is 14.6 Å². The fraction of sp³-hybridized carbons (Fsp3) is 0.231. The molecular formula is C26H24N4O3. The molecule has 2 aromatic carbocycles. The van der Waals surface area contributed by atoms with Crippen LogP contribution in [0.4, 0.5) is 0 Å². The number of aromatic nitrogens is 3. The summed E-state index contributed by atoms with van der Waals surface area (Å²) in [7, 11) is 0. The molecule has 33 heavy (non-hydrogen) atoms. The number of carbonyl (C=O) groups excluding carboxylic acids is 1. The zero-order chi connectivity index (χ0) is 22.5. The smallest absolute Gasteiger partial charge is 0.227 e. The number of fused-ring (bicyclic) bond motifs is 1. The molecule has 0 fully saturated rings. The maximum absolute atomic E-state index is 12.3. The second-order valence-electron chi connectivity index (χ2n) is 8.00. The standard InChI is InChI=1S/C26H24N4O3/c31-24(11-12-25-29-26(30-33-25)22-3-1-13-27-17-22)28-16-18-5-7-19(8-6-18)20-9-10-23-21(15-20)4-2-14-32-23/h1,3,5-10,13,15,17H,2,4,11-12,14,16H2,(H,28,31). The van der Waals surface area contributed by atoms with Crippen LogP contribution in [0, 0.1) is 0 Å². The van der Waals surface area contributed by atoms with Gasteiger partial charge in [-0.15, -0.1) is 0 Å². The molecule has 3 heterocycles. The van der Waals surface area contributed by atoms with Crippen LogP contribution in [0.1, 0.15) is 29.9 Å². The summed E-state index contributed by atoms with van der Waals surface area (Å²) in [6.07, 6.45) is 6.15. The van der Waals surface area contributed by atoms with Gasteiger partial charge in [-0.25, -0.2) is 0 Å². The molecule has 1 aliphatic heterocycles. The summed E-state index contributed by atoms with van der Waals surface area (Å²) in [6, 6.07) is 18.3. The molecule has 0 spiro atoms. The molecular weight excluding hydrogens is 416 g/mol. The number of rotatable bonds is 7. The van der Waals surface area contributed by atoms with Gasteiger partial charge in [0, 0.05) is 37.3 Å². The van der Waals surface area contributed by atoms with Crippen LogP contribution in [-0.2, 0) is 24.2 Å². The Morgan fingerprint density at radius 2 is 1.91 bits per heavy atom. The van der Waals surface area contributed by atoms with Gasteiger partial charge in [0.2, 0.25) is 17.6 Å². The lowest BCUT2D eigenvalue weighted by atomic mass is 9.98. The Bertz CT molecular complexity index is 1240. The van der Waals surface area contributed by atoms with Gasteiger partial charge in [-0.2, -0.15) is 4.98 Å². The van der Waals surface area contributed by atoms with E-state index in [1.54, 1.807) is 12.4 Å². The molecule has 0 atom stereocenters. The fourth-order valence-electron chi connectivity index (χ4n) is 3.83. The molecule has 0 radical (unpaired) electrons. The third-order valence-electron chi connectivity index (χ3n) is 5.64. The van der Waals surface area contributed by atoms with Crippen LogP contribution in [0.5, 0.6) is 5.75 Å². The number of carbonyl (C=O) groups is 1. The van der Waals surface area contributed by atoms with E-state index < -0.39 is 0 Å². The highest BCUT2D eigenvalue weighted by Gasteiger charge is 2.12. The summed E-state index contributed by atoms with van der Waals surface area (Å²) in [5.41, 5.74) is 5.43.